The predicted molar refractivity (Wildman–Crippen MR) is 206 cm³/mol. The van der Waals surface area contributed by atoms with E-state index in [0.717, 1.165) is 83.4 Å². The van der Waals surface area contributed by atoms with E-state index in [-0.39, 0.29) is 0 Å². The average Bonchev–Trinajstić information content (AvgIpc) is 3.67. The maximum atomic E-state index is 9.75. The van der Waals surface area contributed by atoms with Crippen LogP contribution in [0.15, 0.2) is 140 Å². The summed E-state index contributed by atoms with van der Waals surface area (Å²) in [5.74, 6) is 1.62. The van der Waals surface area contributed by atoms with E-state index in [1.807, 2.05) is 80.8 Å². The molecule has 9 aromatic rings. The van der Waals surface area contributed by atoms with Crippen LogP contribution in [0.25, 0.3) is 60.1 Å². The fourth-order valence-electron chi connectivity index (χ4n) is 7.13. The van der Waals surface area contributed by atoms with Crippen LogP contribution in [0.4, 0.5) is 22.7 Å². The first-order valence-electron chi connectivity index (χ1n) is 16.7. The molecule has 51 heavy (non-hydrogen) atoms. The molecule has 0 fully saturated rings. The van der Waals surface area contributed by atoms with Crippen LogP contribution in [0.3, 0.4) is 0 Å². The summed E-state index contributed by atoms with van der Waals surface area (Å²) in [6.45, 7) is 11.7. The minimum atomic E-state index is 0.599. The third kappa shape index (κ3) is 4.88. The van der Waals surface area contributed by atoms with E-state index >= 15 is 0 Å². The van der Waals surface area contributed by atoms with Crippen molar-refractivity contribution in [3.63, 3.8) is 0 Å². The van der Waals surface area contributed by atoms with Gasteiger partial charge >= 0.3 is 0 Å². The summed E-state index contributed by atoms with van der Waals surface area (Å²) < 4.78 is 4.36. The lowest BCUT2D eigenvalue weighted by Gasteiger charge is -2.26. The second-order valence-electron chi connectivity index (χ2n) is 12.8. The van der Waals surface area contributed by atoms with Gasteiger partial charge in [-0.05, 0) is 109 Å². The van der Waals surface area contributed by atoms with Gasteiger partial charge in [-0.25, -0.2) is 14.8 Å². The topological polar surface area (TPSA) is 67.0 Å². The molecule has 0 aliphatic rings. The minimum Gasteiger partial charge on any atom is -0.310 e. The molecule has 240 valence electrons. The molecule has 0 radical (unpaired) electrons. The van der Waals surface area contributed by atoms with E-state index < -0.39 is 0 Å². The number of para-hydroxylation sites is 1. The third-order valence-electron chi connectivity index (χ3n) is 9.52. The molecule has 0 aliphatic heterocycles. The summed E-state index contributed by atoms with van der Waals surface area (Å²) in [6, 6.07) is 45.6. The van der Waals surface area contributed by atoms with Gasteiger partial charge in [0.25, 0.3) is 0 Å². The molecule has 0 saturated carbocycles. The van der Waals surface area contributed by atoms with Gasteiger partial charge in [-0.3, -0.25) is 9.13 Å². The molecule has 0 saturated heterocycles. The zero-order valence-corrected chi connectivity index (χ0v) is 27.9. The molecule has 0 aliphatic carbocycles. The molecule has 7 nitrogen and oxygen atoms in total. The standard InChI is InChI=1S/C44H29N7/c1-28-9-19-43(47-26-28)50-39-17-11-30(25-45)21-37(39)35-15-13-33(23-41(35)50)49(32-7-5-4-6-8-32)34-14-16-36-38-22-31(46-3)12-18-40(38)51(42(36)24-34)44-20-10-29(2)27-48-44/h4-24,26-27H,1-2H3. The van der Waals surface area contributed by atoms with Gasteiger partial charge in [0.05, 0.1) is 40.3 Å². The number of anilines is 3. The first kappa shape index (κ1) is 29.9. The van der Waals surface area contributed by atoms with Crippen molar-refractivity contribution in [3.05, 3.63) is 168 Å². The number of rotatable bonds is 5. The van der Waals surface area contributed by atoms with Gasteiger partial charge in [-0.15, -0.1) is 0 Å². The molecule has 0 amide bonds. The van der Waals surface area contributed by atoms with E-state index in [2.05, 4.69) is 97.7 Å². The lowest BCUT2D eigenvalue weighted by molar-refractivity contribution is 1.07. The molecule has 5 aromatic carbocycles. The number of aryl methyl sites for hydroxylation is 2. The Kier molecular flexibility index (Phi) is 6.87. The summed E-state index contributed by atoms with van der Waals surface area (Å²) in [4.78, 5) is 15.6. The number of fused-ring (bicyclic) bond motifs is 6. The number of hydrogen-bond donors (Lipinski definition) is 0. The fourth-order valence-corrected chi connectivity index (χ4v) is 7.13. The molecule has 7 heteroatoms. The van der Waals surface area contributed by atoms with Crippen LogP contribution in [0.1, 0.15) is 16.7 Å². The number of nitriles is 1. The monoisotopic (exact) mass is 655 g/mol. The lowest BCUT2D eigenvalue weighted by Crippen LogP contribution is -2.10. The second kappa shape index (κ2) is 11.7. The van der Waals surface area contributed by atoms with Gasteiger partial charge < -0.3 is 4.90 Å². The normalized spacial score (nSPS) is 11.3. The smallest absolute Gasteiger partial charge is 0.188 e. The molecule has 0 bridgehead atoms. The highest BCUT2D eigenvalue weighted by molar-refractivity contribution is 6.12. The van der Waals surface area contributed by atoms with Crippen molar-refractivity contribution < 1.29 is 0 Å². The van der Waals surface area contributed by atoms with Crippen molar-refractivity contribution in [1.29, 1.82) is 5.26 Å². The largest absolute Gasteiger partial charge is 0.310 e. The molecule has 4 heterocycles. The highest BCUT2D eigenvalue weighted by Crippen LogP contribution is 2.42. The van der Waals surface area contributed by atoms with Crippen molar-refractivity contribution >= 4 is 66.4 Å². The van der Waals surface area contributed by atoms with Gasteiger partial charge in [0.2, 0.25) is 0 Å². The minimum absolute atomic E-state index is 0.599. The zero-order valence-electron chi connectivity index (χ0n) is 27.9. The number of nitrogens with zero attached hydrogens (tertiary/aromatic N) is 7. The van der Waals surface area contributed by atoms with E-state index in [1.54, 1.807) is 0 Å². The summed E-state index contributed by atoms with van der Waals surface area (Å²) in [6.07, 6.45) is 3.77. The Bertz CT molecular complexity index is 2700. The van der Waals surface area contributed by atoms with Crippen molar-refractivity contribution in [1.82, 2.24) is 19.1 Å². The van der Waals surface area contributed by atoms with Crippen molar-refractivity contribution in [3.8, 4) is 17.7 Å². The van der Waals surface area contributed by atoms with Crippen LogP contribution < -0.4 is 4.90 Å². The fraction of sp³-hybridized carbons (Fsp3) is 0.0455. The number of aromatic nitrogens is 4. The van der Waals surface area contributed by atoms with Gasteiger partial charge in [0.15, 0.2) is 5.69 Å². The Balaban J connectivity index is 1.32. The summed E-state index contributed by atoms with van der Waals surface area (Å²) in [5, 5.41) is 13.8. The van der Waals surface area contributed by atoms with Gasteiger partial charge in [0.1, 0.15) is 11.6 Å². The maximum absolute atomic E-state index is 9.75. The maximum Gasteiger partial charge on any atom is 0.188 e. The van der Waals surface area contributed by atoms with Gasteiger partial charge in [-0.1, -0.05) is 48.5 Å². The Hall–Kier alpha value is -7.22. The molecule has 9 rings (SSSR count). The molecular weight excluding hydrogens is 627 g/mol. The predicted octanol–water partition coefficient (Wildman–Crippen LogP) is 11.2. The average molecular weight is 656 g/mol. The first-order valence-corrected chi connectivity index (χ1v) is 16.7. The second-order valence-corrected chi connectivity index (χ2v) is 12.8. The van der Waals surface area contributed by atoms with E-state index in [0.29, 0.717) is 11.3 Å². The van der Waals surface area contributed by atoms with Gasteiger partial charge in [0, 0.05) is 45.6 Å². The molecule has 0 spiro atoms. The Morgan fingerprint density at radius 3 is 1.67 bits per heavy atom. The molecule has 4 aromatic heterocycles. The van der Waals surface area contributed by atoms with Crippen LogP contribution in [-0.2, 0) is 0 Å². The van der Waals surface area contributed by atoms with Crippen LogP contribution in [0.2, 0.25) is 0 Å². The Morgan fingerprint density at radius 1 is 0.569 bits per heavy atom. The number of benzene rings is 5. The SMILES string of the molecule is [C-]#[N+]c1ccc2c(c1)c1ccc(N(c3ccccc3)c3ccc4c5cc(C#N)ccc5n(-c5ccc(C)cn5)c4c3)cc1n2-c1ccc(C)cn1. The third-order valence-corrected chi connectivity index (χ3v) is 9.52. The number of hydrogen-bond acceptors (Lipinski definition) is 4. The zero-order chi connectivity index (χ0) is 34.6. The summed E-state index contributed by atoms with van der Waals surface area (Å²) in [5.41, 5.74) is 10.3. The number of pyridine rings is 2. The molecule has 0 N–H and O–H groups in total. The summed E-state index contributed by atoms with van der Waals surface area (Å²) in [7, 11) is 0. The Morgan fingerprint density at radius 2 is 1.14 bits per heavy atom. The van der Waals surface area contributed by atoms with Crippen LogP contribution in [-0.4, -0.2) is 19.1 Å². The van der Waals surface area contributed by atoms with E-state index in [4.69, 9.17) is 16.5 Å². The van der Waals surface area contributed by atoms with Crippen LogP contribution in [0, 0.1) is 31.8 Å². The highest BCUT2D eigenvalue weighted by Gasteiger charge is 2.21. The van der Waals surface area contributed by atoms with Crippen molar-refractivity contribution in [2.45, 2.75) is 13.8 Å². The lowest BCUT2D eigenvalue weighted by atomic mass is 10.1. The quantitative estimate of drug-likeness (QED) is 0.173. The molecule has 0 atom stereocenters. The van der Waals surface area contributed by atoms with E-state index in [1.165, 1.54) is 0 Å². The van der Waals surface area contributed by atoms with Crippen molar-refractivity contribution in [2.24, 2.45) is 0 Å². The highest BCUT2D eigenvalue weighted by atomic mass is 15.2. The Labute approximate surface area is 294 Å². The van der Waals surface area contributed by atoms with E-state index in [9.17, 15) is 5.26 Å². The van der Waals surface area contributed by atoms with Crippen LogP contribution >= 0.6 is 0 Å². The van der Waals surface area contributed by atoms with Gasteiger partial charge in [-0.2, -0.15) is 5.26 Å². The summed E-state index contributed by atoms with van der Waals surface area (Å²) >= 11 is 0. The first-order chi connectivity index (χ1) is 25.0. The molecule has 0 unspecified atom stereocenters. The van der Waals surface area contributed by atoms with Crippen molar-refractivity contribution in [2.75, 3.05) is 4.90 Å². The molecular formula is C44H29N7. The van der Waals surface area contributed by atoms with Crippen LogP contribution in [0.5, 0.6) is 0 Å².